The average Bonchev–Trinajstić information content (AvgIpc) is 2.16. The molecule has 0 spiro atoms. The van der Waals surface area contributed by atoms with E-state index in [0.717, 1.165) is 0 Å². The van der Waals surface area contributed by atoms with Crippen LogP contribution in [0.5, 0.6) is 0 Å². The van der Waals surface area contributed by atoms with Gasteiger partial charge >= 0.3 is 108 Å². The van der Waals surface area contributed by atoms with E-state index >= 15 is 0 Å². The summed E-state index contributed by atoms with van der Waals surface area (Å²) in [6.07, 6.45) is 0. The third-order valence-corrected chi connectivity index (χ3v) is 1.62. The monoisotopic (exact) mass is 574 g/mol. The molecule has 0 rings (SSSR count). The first-order chi connectivity index (χ1) is 7.68. The first-order valence-electron chi connectivity index (χ1n) is 2.55. The van der Waals surface area contributed by atoms with Gasteiger partial charge in [-0.1, -0.05) is 0 Å². The number of rotatable bonds is 3. The molecule has 0 saturated carbocycles. The molecule has 19 heteroatoms. The van der Waals surface area contributed by atoms with Gasteiger partial charge in [-0.15, -0.1) is 0 Å². The number of hydrogen-bond donors (Lipinski definition) is 3. The van der Waals surface area contributed by atoms with Crippen LogP contribution in [0.4, 0.5) is 0 Å². The molecule has 0 amide bonds. The molecule has 0 heterocycles. The predicted octanol–water partition coefficient (Wildman–Crippen LogP) is -5.21. The summed E-state index contributed by atoms with van der Waals surface area (Å²) in [5.74, 6) is 0. The van der Waals surface area contributed by atoms with Gasteiger partial charge in [-0.05, 0) is 0 Å². The van der Waals surface area contributed by atoms with E-state index in [1.165, 1.54) is 0 Å². The molecule has 0 aliphatic heterocycles. The van der Waals surface area contributed by atoms with Crippen LogP contribution in [-0.4, -0.2) is 15.8 Å². The van der Waals surface area contributed by atoms with Crippen LogP contribution in [0.15, 0.2) is 0 Å². The molecular formula is H9Mo3O15P. The van der Waals surface area contributed by atoms with Crippen molar-refractivity contribution in [2.24, 2.45) is 0 Å². The Morgan fingerprint density at radius 2 is 0.632 bits per heavy atom. The van der Waals surface area contributed by atoms with Gasteiger partial charge in [-0.25, -0.2) is 0 Å². The predicted molar refractivity (Wildman–Crippen MR) is 30.6 cm³/mol. The Morgan fingerprint density at radius 1 is 0.579 bits per heavy atom. The van der Waals surface area contributed by atoms with Crippen molar-refractivity contribution in [1.29, 1.82) is 0 Å². The van der Waals surface area contributed by atoms with Crippen LogP contribution in [0.2, 0.25) is 0 Å². The molecule has 0 saturated heterocycles. The van der Waals surface area contributed by atoms with Crippen molar-refractivity contribution in [3.63, 3.8) is 0 Å². The minimum absolute atomic E-state index is 0. The summed E-state index contributed by atoms with van der Waals surface area (Å²) < 4.78 is 89.1. The van der Waals surface area contributed by atoms with E-state index in [9.17, 15) is 0 Å². The smallest absolute Gasteiger partial charge is 0.295 e. The summed E-state index contributed by atoms with van der Waals surface area (Å²) in [5.41, 5.74) is 0. The van der Waals surface area contributed by atoms with Crippen molar-refractivity contribution in [1.82, 2.24) is 0 Å². The SMILES string of the molecule is [O]=[Mo](=[O])([O-])[O]O.[O]=[Mo](=[O])([O-])[O]O.[O]=[Mo](=[O])([O-])[O]O.[PH6+3]. The molecule has 0 atom stereocenters. The minimum Gasteiger partial charge on any atom is -0.295 e. The summed E-state index contributed by atoms with van der Waals surface area (Å²) in [7, 11) is 0. The topological polar surface area (TPSA) is 260 Å². The second-order valence-electron chi connectivity index (χ2n) is 1.45. The molecule has 19 heavy (non-hydrogen) atoms. The van der Waals surface area contributed by atoms with Gasteiger partial charge < -0.3 is 0 Å². The fourth-order valence-corrected chi connectivity index (χ4v) is 0. The fourth-order valence-electron chi connectivity index (χ4n) is 0. The van der Waals surface area contributed by atoms with Crippen LogP contribution in [0.25, 0.3) is 0 Å². The Morgan fingerprint density at radius 3 is 0.632 bits per heavy atom. The standard InChI is InChI=1S/3Mo.3H2O2.9O.H6P/c;;;3*1-2;;;;;;;;;;/h;;;3*1-2H;;;;;;;;;;1H6/q3*+1;;;;;;;;;;3*-1;+3/p-3. The van der Waals surface area contributed by atoms with E-state index in [0.29, 0.717) is 0 Å². The first-order valence-corrected chi connectivity index (χ1v) is 12.4. The molecule has 0 aromatic heterocycles. The summed E-state index contributed by atoms with van der Waals surface area (Å²) in [6.45, 7) is 0. The van der Waals surface area contributed by atoms with E-state index < -0.39 is 50.2 Å². The molecule has 0 bridgehead atoms. The van der Waals surface area contributed by atoms with Crippen molar-refractivity contribution >= 4 is 9.90 Å². The third-order valence-electron chi connectivity index (χ3n) is 0.274. The van der Waals surface area contributed by atoms with E-state index in [1.807, 2.05) is 0 Å². The van der Waals surface area contributed by atoms with Crippen molar-refractivity contribution < 1.29 is 108 Å². The Hall–Kier alpha value is 0.935. The molecule has 122 valence electrons. The maximum atomic E-state index is 9.08. The minimum atomic E-state index is -5.76. The van der Waals surface area contributed by atoms with Crippen LogP contribution in [0, 0.1) is 0 Å². The Balaban J connectivity index is -0.0000000865. The van der Waals surface area contributed by atoms with Crippen LogP contribution in [0.3, 0.4) is 0 Å². The van der Waals surface area contributed by atoms with Gasteiger partial charge in [-0.2, -0.15) is 0 Å². The Bertz CT molecular complexity index is 399. The largest absolute Gasteiger partial charge is 0.295 e. The quantitative estimate of drug-likeness (QED) is 0.124. The van der Waals surface area contributed by atoms with Gasteiger partial charge in [0.05, 0.1) is 0 Å². The second-order valence-corrected chi connectivity index (χ2v) is 8.57. The normalized spacial score (nSPS) is 11.1. The van der Waals surface area contributed by atoms with Crippen LogP contribution < -0.4 is 11.3 Å². The van der Waals surface area contributed by atoms with Crippen LogP contribution in [-0.2, 0) is 81.2 Å². The van der Waals surface area contributed by atoms with E-state index in [1.54, 1.807) is 0 Å². The van der Waals surface area contributed by atoms with E-state index in [-0.39, 0.29) is 9.90 Å². The van der Waals surface area contributed by atoms with E-state index in [4.69, 9.17) is 47.4 Å². The van der Waals surface area contributed by atoms with Gasteiger partial charge in [0.25, 0.3) is 0 Å². The maximum absolute atomic E-state index is 9.08. The van der Waals surface area contributed by atoms with Crippen LogP contribution >= 0.6 is 9.90 Å². The Labute approximate surface area is 117 Å². The van der Waals surface area contributed by atoms with Gasteiger partial charge in [0.15, 0.2) is 0 Å². The molecule has 0 aliphatic carbocycles. The zero-order valence-electron chi connectivity index (χ0n) is 7.47. The van der Waals surface area contributed by atoms with Crippen molar-refractivity contribution in [3.05, 3.63) is 0 Å². The summed E-state index contributed by atoms with van der Waals surface area (Å²) >= 11 is -17.3. The molecule has 0 aromatic carbocycles. The van der Waals surface area contributed by atoms with Gasteiger partial charge in [0.2, 0.25) is 0 Å². The molecule has 0 fully saturated rings. The van der Waals surface area contributed by atoms with Gasteiger partial charge in [0.1, 0.15) is 0 Å². The van der Waals surface area contributed by atoms with Crippen molar-refractivity contribution in [2.45, 2.75) is 0 Å². The van der Waals surface area contributed by atoms with Gasteiger partial charge in [0, 0.05) is 0 Å². The van der Waals surface area contributed by atoms with E-state index in [2.05, 4.69) is 10.6 Å². The summed E-state index contributed by atoms with van der Waals surface area (Å²) in [5, 5.41) is 21.1. The molecule has 0 aliphatic rings. The molecule has 15 nitrogen and oxygen atoms in total. The molecular weight excluding hydrogens is 559 g/mol. The number of hydrogen-bond acceptors (Lipinski definition) is 15. The first kappa shape index (κ1) is 28.1. The van der Waals surface area contributed by atoms with Crippen LogP contribution in [0.1, 0.15) is 0 Å². The summed E-state index contributed by atoms with van der Waals surface area (Å²) in [4.78, 5) is 0. The van der Waals surface area contributed by atoms with Gasteiger partial charge in [-0.3, -0.25) is 9.90 Å². The summed E-state index contributed by atoms with van der Waals surface area (Å²) in [6, 6.07) is 0. The third kappa shape index (κ3) is 55.0. The maximum Gasteiger partial charge on any atom is -0.295 e. The molecule has 0 radical (unpaired) electrons. The molecule has 0 unspecified atom stereocenters. The molecule has 0 aromatic rings. The molecule has 3 N–H and O–H groups in total. The zero-order chi connectivity index (χ0) is 15.6. The fraction of sp³-hybridized carbons (Fsp3) is 0. The second kappa shape index (κ2) is 12.7. The average molecular weight is 568 g/mol. The zero-order valence-corrected chi connectivity index (χ0v) is 13.5. The Kier molecular flexibility index (Phi) is 18.8. The van der Waals surface area contributed by atoms with Crippen molar-refractivity contribution in [2.75, 3.05) is 0 Å². The van der Waals surface area contributed by atoms with Crippen molar-refractivity contribution in [3.8, 4) is 0 Å².